The van der Waals surface area contributed by atoms with E-state index in [1.807, 2.05) is 0 Å². The predicted molar refractivity (Wildman–Crippen MR) is 57.1 cm³/mol. The molecule has 0 saturated heterocycles. The van der Waals surface area contributed by atoms with Gasteiger partial charge in [-0.2, -0.15) is 4.37 Å². The molecule has 0 bridgehead atoms. The van der Waals surface area contributed by atoms with Gasteiger partial charge in [0.05, 0.1) is 0 Å². The van der Waals surface area contributed by atoms with Gasteiger partial charge in [0.15, 0.2) is 0 Å². The molecule has 2 heterocycles. The number of anilines is 1. The van der Waals surface area contributed by atoms with Crippen molar-refractivity contribution in [3.63, 3.8) is 0 Å². The molecule has 0 fully saturated rings. The van der Waals surface area contributed by atoms with Gasteiger partial charge in [-0.1, -0.05) is 23.2 Å². The molecule has 1 atom stereocenters. The molecular weight excluding hydrogens is 277 g/mol. The van der Waals surface area contributed by atoms with Crippen molar-refractivity contribution in [2.75, 3.05) is 4.90 Å². The molecule has 1 aromatic rings. The fourth-order valence-electron chi connectivity index (χ4n) is 1.17. The number of nitrogens with zero attached hydrogens (tertiary/aromatic N) is 3. The molecule has 1 aromatic heterocycles. The maximum absolute atomic E-state index is 11.7. The minimum absolute atomic E-state index is 0.0473. The van der Waals surface area contributed by atoms with Crippen LogP contribution in [0.25, 0.3) is 0 Å². The molecule has 0 aliphatic carbocycles. The van der Waals surface area contributed by atoms with Gasteiger partial charge in [-0.3, -0.25) is 9.59 Å². The van der Waals surface area contributed by atoms with Crippen LogP contribution in [0.3, 0.4) is 0 Å². The van der Waals surface area contributed by atoms with Crippen LogP contribution in [-0.4, -0.2) is 28.0 Å². The number of aromatic nitrogens is 2. The molecule has 1 unspecified atom stereocenters. The summed E-state index contributed by atoms with van der Waals surface area (Å²) in [4.78, 5) is 26.9. The van der Waals surface area contributed by atoms with Crippen LogP contribution >= 0.6 is 34.7 Å². The van der Waals surface area contributed by atoms with Gasteiger partial charge in [-0.15, -0.1) is 0 Å². The molecule has 0 aromatic carbocycles. The van der Waals surface area contributed by atoms with Crippen molar-refractivity contribution in [1.82, 2.24) is 9.36 Å². The predicted octanol–water partition coefficient (Wildman–Crippen LogP) is 1.07. The third-order valence-corrected chi connectivity index (χ3v) is 3.31. The number of halogens is 2. The van der Waals surface area contributed by atoms with E-state index in [1.165, 1.54) is 6.33 Å². The number of carbonyl (C=O) groups is 2. The highest BCUT2D eigenvalue weighted by atomic mass is 35.5. The summed E-state index contributed by atoms with van der Waals surface area (Å²) < 4.78 is 8.42. The molecule has 0 spiro atoms. The van der Waals surface area contributed by atoms with Crippen LogP contribution in [0.1, 0.15) is 0 Å². The maximum atomic E-state index is 11.7. The van der Waals surface area contributed by atoms with Crippen LogP contribution in [0.5, 0.6) is 0 Å². The van der Waals surface area contributed by atoms with Crippen molar-refractivity contribution in [2.45, 2.75) is 6.23 Å². The lowest BCUT2D eigenvalue weighted by molar-refractivity contribution is -0.132. The molecule has 1 aliphatic rings. The molecule has 6 nitrogen and oxygen atoms in total. The second-order valence-corrected chi connectivity index (χ2v) is 4.19. The molecule has 1 aliphatic heterocycles. The van der Waals surface area contributed by atoms with Gasteiger partial charge in [0.25, 0.3) is 12.4 Å². The van der Waals surface area contributed by atoms with Crippen LogP contribution in [0, 0.1) is 0 Å². The molecule has 9 heteroatoms. The Balaban J connectivity index is 2.39. The number of amides is 1. The summed E-state index contributed by atoms with van der Waals surface area (Å²) in [5.41, 5.74) is 0. The van der Waals surface area contributed by atoms with Crippen LogP contribution < -0.4 is 4.90 Å². The van der Waals surface area contributed by atoms with Gasteiger partial charge in [-0.25, -0.2) is 9.88 Å². The molecule has 16 heavy (non-hydrogen) atoms. The van der Waals surface area contributed by atoms with E-state index in [-0.39, 0.29) is 21.7 Å². The summed E-state index contributed by atoms with van der Waals surface area (Å²) in [7, 11) is 0. The van der Waals surface area contributed by atoms with Crippen LogP contribution in [-0.2, 0) is 14.3 Å². The molecule has 84 valence electrons. The van der Waals surface area contributed by atoms with Crippen LogP contribution in [0.4, 0.5) is 5.13 Å². The van der Waals surface area contributed by atoms with Gasteiger partial charge >= 0.3 is 0 Å². The Labute approximate surface area is 104 Å². The Morgan fingerprint density at radius 3 is 2.88 bits per heavy atom. The standard InChI is InChI=1S/C7H3Cl2N3O3S/c8-3-4(9)6(15-2-13)12(5(3)14)7-10-1-11-16-7/h1-2,6H. The van der Waals surface area contributed by atoms with E-state index in [0.29, 0.717) is 0 Å². The van der Waals surface area contributed by atoms with E-state index in [4.69, 9.17) is 23.2 Å². The Hall–Kier alpha value is -1.18. The SMILES string of the molecule is O=COC1C(Cl)=C(Cl)C(=O)N1c1ncns1. The maximum Gasteiger partial charge on any atom is 0.295 e. The first kappa shape index (κ1) is 11.3. The summed E-state index contributed by atoms with van der Waals surface area (Å²) in [6.45, 7) is 0.184. The molecule has 2 rings (SSSR count). The summed E-state index contributed by atoms with van der Waals surface area (Å²) in [6, 6.07) is 0. The van der Waals surface area contributed by atoms with Crippen molar-refractivity contribution in [1.29, 1.82) is 0 Å². The van der Waals surface area contributed by atoms with Gasteiger partial charge < -0.3 is 4.74 Å². The first-order chi connectivity index (χ1) is 7.66. The number of ether oxygens (including phenoxy) is 1. The highest BCUT2D eigenvalue weighted by molar-refractivity contribution is 7.09. The van der Waals surface area contributed by atoms with Crippen LogP contribution in [0.15, 0.2) is 16.4 Å². The third-order valence-electron chi connectivity index (χ3n) is 1.81. The zero-order valence-electron chi connectivity index (χ0n) is 7.46. The Morgan fingerprint density at radius 1 is 1.56 bits per heavy atom. The Bertz CT molecular complexity index is 461. The zero-order chi connectivity index (χ0) is 11.7. The number of rotatable bonds is 3. The summed E-state index contributed by atoms with van der Waals surface area (Å²) in [5, 5.41) is 0.0170. The average Bonchev–Trinajstić information content (AvgIpc) is 2.85. The van der Waals surface area contributed by atoms with E-state index >= 15 is 0 Å². The summed E-state index contributed by atoms with van der Waals surface area (Å²) in [5.74, 6) is -0.574. The van der Waals surface area contributed by atoms with Crippen molar-refractivity contribution >= 4 is 52.2 Å². The van der Waals surface area contributed by atoms with Crippen molar-refractivity contribution in [3.8, 4) is 0 Å². The highest BCUT2D eigenvalue weighted by Crippen LogP contribution is 2.35. The van der Waals surface area contributed by atoms with E-state index in [9.17, 15) is 9.59 Å². The number of hydrogen-bond donors (Lipinski definition) is 0. The van der Waals surface area contributed by atoms with Gasteiger partial charge in [0.1, 0.15) is 16.4 Å². The molecule has 1 amide bonds. The largest absolute Gasteiger partial charge is 0.438 e. The first-order valence-corrected chi connectivity index (χ1v) is 5.44. The lowest BCUT2D eigenvalue weighted by Gasteiger charge is -2.19. The van der Waals surface area contributed by atoms with Crippen LogP contribution in [0.2, 0.25) is 0 Å². The van der Waals surface area contributed by atoms with Gasteiger partial charge in [0, 0.05) is 11.5 Å². The number of hydrogen-bond acceptors (Lipinski definition) is 6. The molecular formula is C7H3Cl2N3O3S. The third kappa shape index (κ3) is 1.66. The number of carbonyl (C=O) groups excluding carboxylic acids is 2. The van der Waals surface area contributed by atoms with E-state index in [1.54, 1.807) is 0 Å². The van der Waals surface area contributed by atoms with Gasteiger partial charge in [0.2, 0.25) is 11.4 Å². The van der Waals surface area contributed by atoms with E-state index < -0.39 is 12.1 Å². The fraction of sp³-hybridized carbons (Fsp3) is 0.143. The lowest BCUT2D eigenvalue weighted by atomic mass is 10.5. The fourth-order valence-corrected chi connectivity index (χ4v) is 2.13. The smallest absolute Gasteiger partial charge is 0.295 e. The van der Waals surface area contributed by atoms with Crippen molar-refractivity contribution < 1.29 is 14.3 Å². The second kappa shape index (κ2) is 4.36. The van der Waals surface area contributed by atoms with E-state index in [0.717, 1.165) is 16.4 Å². The zero-order valence-corrected chi connectivity index (χ0v) is 9.79. The molecule has 0 radical (unpaired) electrons. The second-order valence-electron chi connectivity index (χ2n) is 2.65. The monoisotopic (exact) mass is 279 g/mol. The summed E-state index contributed by atoms with van der Waals surface area (Å²) >= 11 is 12.4. The first-order valence-electron chi connectivity index (χ1n) is 3.91. The van der Waals surface area contributed by atoms with E-state index in [2.05, 4.69) is 14.1 Å². The minimum atomic E-state index is -1.06. The normalized spacial score (nSPS) is 20.5. The Kier molecular flexibility index (Phi) is 3.08. The molecule has 0 saturated carbocycles. The summed E-state index contributed by atoms with van der Waals surface area (Å²) in [6.07, 6.45) is 0.206. The molecule has 0 N–H and O–H groups in total. The minimum Gasteiger partial charge on any atom is -0.438 e. The van der Waals surface area contributed by atoms with Crippen molar-refractivity contribution in [2.24, 2.45) is 0 Å². The average molecular weight is 280 g/mol. The van der Waals surface area contributed by atoms with Crippen molar-refractivity contribution in [3.05, 3.63) is 16.4 Å². The Morgan fingerprint density at radius 2 is 2.31 bits per heavy atom. The highest BCUT2D eigenvalue weighted by Gasteiger charge is 2.41. The lowest BCUT2D eigenvalue weighted by Crippen LogP contribution is -2.36. The van der Waals surface area contributed by atoms with Gasteiger partial charge in [-0.05, 0) is 0 Å². The quantitative estimate of drug-likeness (QED) is 0.774. The topological polar surface area (TPSA) is 72.4 Å².